The third-order valence-electron chi connectivity index (χ3n) is 2.88. The zero-order valence-corrected chi connectivity index (χ0v) is 8.03. The number of pyridine rings is 1. The van der Waals surface area contributed by atoms with Gasteiger partial charge in [-0.25, -0.2) is 4.99 Å². The van der Waals surface area contributed by atoms with Gasteiger partial charge in [0, 0.05) is 12.6 Å². The van der Waals surface area contributed by atoms with E-state index in [1.807, 2.05) is 12.1 Å². The molecule has 1 atom stereocenters. The summed E-state index contributed by atoms with van der Waals surface area (Å²) in [5.41, 5.74) is 7.01. The van der Waals surface area contributed by atoms with Gasteiger partial charge in [0.05, 0.1) is 11.4 Å². The third-order valence-corrected chi connectivity index (χ3v) is 2.88. The topological polar surface area (TPSA) is 80.4 Å². The average Bonchev–Trinajstić information content (AvgIpc) is 2.59. The van der Waals surface area contributed by atoms with E-state index in [2.05, 4.69) is 15.3 Å². The molecule has 3 rings (SSSR count). The molecule has 15 heavy (non-hydrogen) atoms. The highest BCUT2D eigenvalue weighted by molar-refractivity contribution is 6.10. The van der Waals surface area contributed by atoms with Crippen molar-refractivity contribution in [3.05, 3.63) is 24.0 Å². The van der Waals surface area contributed by atoms with Crippen LogP contribution in [0.5, 0.6) is 0 Å². The van der Waals surface area contributed by atoms with E-state index in [4.69, 9.17) is 5.73 Å². The second-order valence-corrected chi connectivity index (χ2v) is 3.81. The van der Waals surface area contributed by atoms with Gasteiger partial charge >= 0.3 is 0 Å². The monoisotopic (exact) mass is 202 g/mol. The van der Waals surface area contributed by atoms with Gasteiger partial charge < -0.3 is 11.1 Å². The smallest absolute Gasteiger partial charge is 0.265 e. The van der Waals surface area contributed by atoms with Crippen molar-refractivity contribution in [2.24, 2.45) is 10.7 Å². The molecular formula is C10H10N4O. The minimum Gasteiger partial charge on any atom is -0.366 e. The van der Waals surface area contributed by atoms with Crippen LogP contribution in [0, 0.1) is 0 Å². The van der Waals surface area contributed by atoms with E-state index in [1.165, 1.54) is 0 Å². The minimum atomic E-state index is -0.925. The van der Waals surface area contributed by atoms with Crippen LogP contribution in [0.25, 0.3) is 0 Å². The first-order chi connectivity index (χ1) is 7.21. The molecule has 5 nitrogen and oxygen atoms in total. The lowest BCUT2D eigenvalue weighted by molar-refractivity contribution is -0.122. The summed E-state index contributed by atoms with van der Waals surface area (Å²) in [6.07, 6.45) is 3.09. The van der Waals surface area contributed by atoms with E-state index < -0.39 is 11.6 Å². The summed E-state index contributed by atoms with van der Waals surface area (Å²) in [6.45, 7) is 0. The Morgan fingerprint density at radius 1 is 1.60 bits per heavy atom. The number of amides is 1. The van der Waals surface area contributed by atoms with Crippen molar-refractivity contribution >= 4 is 17.3 Å². The molecule has 1 aromatic heterocycles. The number of nitrogens with two attached hydrogens (primary N) is 1. The van der Waals surface area contributed by atoms with Gasteiger partial charge in [0.2, 0.25) is 5.66 Å². The Hall–Kier alpha value is -1.91. The molecule has 0 fully saturated rings. The van der Waals surface area contributed by atoms with E-state index >= 15 is 0 Å². The van der Waals surface area contributed by atoms with Crippen LogP contribution in [-0.2, 0) is 4.79 Å². The number of nitrogens with one attached hydrogen (secondary N) is 1. The maximum atomic E-state index is 11.4. The number of hydrogen-bond acceptors (Lipinski definition) is 4. The predicted molar refractivity (Wildman–Crippen MR) is 55.6 cm³/mol. The van der Waals surface area contributed by atoms with Crippen molar-refractivity contribution in [3.8, 4) is 0 Å². The molecule has 2 aliphatic rings. The van der Waals surface area contributed by atoms with Gasteiger partial charge in [0.25, 0.3) is 5.91 Å². The minimum absolute atomic E-state index is 0.424. The Morgan fingerprint density at radius 2 is 2.47 bits per heavy atom. The zero-order chi connectivity index (χ0) is 10.5. The maximum absolute atomic E-state index is 11.4. The van der Waals surface area contributed by atoms with Crippen molar-refractivity contribution in [2.75, 3.05) is 5.32 Å². The van der Waals surface area contributed by atoms with Crippen LogP contribution in [0.15, 0.2) is 23.3 Å². The molecule has 0 aliphatic carbocycles. The standard InChI is InChI=1S/C10H10N4O/c11-9(15)10-4-3-7(14-10)8-6(13-10)2-1-5-12-8/h1-2,5,13H,3-4H2,(H2,11,15). The van der Waals surface area contributed by atoms with Gasteiger partial charge in [-0.15, -0.1) is 0 Å². The second kappa shape index (κ2) is 2.56. The van der Waals surface area contributed by atoms with Crippen LogP contribution < -0.4 is 11.1 Å². The first-order valence-electron chi connectivity index (χ1n) is 4.83. The van der Waals surface area contributed by atoms with Crippen molar-refractivity contribution in [3.63, 3.8) is 0 Å². The molecule has 3 N–H and O–H groups in total. The van der Waals surface area contributed by atoms with Gasteiger partial charge in [-0.2, -0.15) is 0 Å². The first-order valence-corrected chi connectivity index (χ1v) is 4.83. The molecule has 0 saturated heterocycles. The summed E-state index contributed by atoms with van der Waals surface area (Å²) in [6, 6.07) is 3.71. The Kier molecular flexibility index (Phi) is 1.44. The average molecular weight is 202 g/mol. The Labute approximate surface area is 86.4 Å². The molecule has 5 heteroatoms. The number of nitrogens with zero attached hydrogens (tertiary/aromatic N) is 2. The number of aromatic nitrogens is 1. The highest BCUT2D eigenvalue weighted by atomic mass is 16.2. The number of rotatable bonds is 1. The summed E-state index contributed by atoms with van der Waals surface area (Å²) in [5, 5.41) is 3.08. The van der Waals surface area contributed by atoms with Crippen LogP contribution >= 0.6 is 0 Å². The summed E-state index contributed by atoms with van der Waals surface area (Å²) in [4.78, 5) is 20.0. The molecule has 1 aromatic rings. The van der Waals surface area contributed by atoms with Gasteiger partial charge in [-0.1, -0.05) is 0 Å². The number of aliphatic imine (C=N–C) groups is 1. The summed E-state index contributed by atoms with van der Waals surface area (Å²) in [7, 11) is 0. The summed E-state index contributed by atoms with van der Waals surface area (Å²) < 4.78 is 0. The Morgan fingerprint density at radius 3 is 3.27 bits per heavy atom. The van der Waals surface area contributed by atoms with E-state index in [0.717, 1.165) is 23.5 Å². The lowest BCUT2D eigenvalue weighted by Gasteiger charge is -2.27. The Balaban J connectivity index is 2.17. The predicted octanol–water partition coefficient (Wildman–Crippen LogP) is 0.272. The largest absolute Gasteiger partial charge is 0.366 e. The van der Waals surface area contributed by atoms with Crippen LogP contribution in [0.4, 0.5) is 5.69 Å². The lowest BCUT2D eigenvalue weighted by atomic mass is 10.1. The molecule has 0 spiro atoms. The molecular weight excluding hydrogens is 192 g/mol. The summed E-state index contributed by atoms with van der Waals surface area (Å²) >= 11 is 0. The normalized spacial score (nSPS) is 26.5. The van der Waals surface area contributed by atoms with Crippen molar-refractivity contribution < 1.29 is 4.79 Å². The van der Waals surface area contributed by atoms with E-state index in [-0.39, 0.29) is 0 Å². The SMILES string of the molecule is NC(=O)C12CCC(=N1)c1ncccc1N2. The number of carbonyl (C=O) groups is 1. The van der Waals surface area contributed by atoms with E-state index in [0.29, 0.717) is 6.42 Å². The first kappa shape index (κ1) is 8.40. The lowest BCUT2D eigenvalue weighted by Crippen LogP contribution is -2.48. The number of anilines is 1. The van der Waals surface area contributed by atoms with E-state index in [9.17, 15) is 4.79 Å². The van der Waals surface area contributed by atoms with Gasteiger partial charge in [-0.3, -0.25) is 9.78 Å². The van der Waals surface area contributed by atoms with Crippen LogP contribution in [0.1, 0.15) is 18.5 Å². The zero-order valence-electron chi connectivity index (χ0n) is 8.03. The quantitative estimate of drug-likeness (QED) is 0.686. The molecule has 0 aromatic carbocycles. The van der Waals surface area contributed by atoms with Crippen LogP contribution in [0.3, 0.4) is 0 Å². The molecule has 2 aliphatic heterocycles. The van der Waals surface area contributed by atoms with E-state index in [1.54, 1.807) is 6.20 Å². The molecule has 1 unspecified atom stereocenters. The van der Waals surface area contributed by atoms with Gasteiger partial charge in [-0.05, 0) is 18.6 Å². The number of hydrogen-bond donors (Lipinski definition) is 2. The van der Waals surface area contributed by atoms with Crippen LogP contribution in [-0.4, -0.2) is 22.3 Å². The highest BCUT2D eigenvalue weighted by Crippen LogP contribution is 2.36. The van der Waals surface area contributed by atoms with Gasteiger partial charge in [0.15, 0.2) is 0 Å². The summed E-state index contributed by atoms with van der Waals surface area (Å²) in [5.74, 6) is -0.424. The van der Waals surface area contributed by atoms with Crippen molar-refractivity contribution in [1.82, 2.24) is 4.98 Å². The fourth-order valence-corrected chi connectivity index (χ4v) is 2.10. The fourth-order valence-electron chi connectivity index (χ4n) is 2.10. The third kappa shape index (κ3) is 1.000. The Bertz CT molecular complexity index is 482. The molecule has 1 amide bonds. The van der Waals surface area contributed by atoms with Crippen molar-refractivity contribution in [1.29, 1.82) is 0 Å². The maximum Gasteiger partial charge on any atom is 0.265 e. The molecule has 2 bridgehead atoms. The number of fused-ring (bicyclic) bond motifs is 3. The molecule has 0 saturated carbocycles. The van der Waals surface area contributed by atoms with Crippen LogP contribution in [0.2, 0.25) is 0 Å². The van der Waals surface area contributed by atoms with Gasteiger partial charge in [0.1, 0.15) is 5.69 Å². The molecule has 76 valence electrons. The van der Waals surface area contributed by atoms with Crippen molar-refractivity contribution in [2.45, 2.75) is 18.5 Å². The number of primary amides is 1. The number of carbonyl (C=O) groups excluding carboxylic acids is 1. The second-order valence-electron chi connectivity index (χ2n) is 3.81. The molecule has 3 heterocycles. The molecule has 0 radical (unpaired) electrons. The fraction of sp³-hybridized carbons (Fsp3) is 0.300. The highest BCUT2D eigenvalue weighted by Gasteiger charge is 2.45.